The van der Waals surface area contributed by atoms with Crippen LogP contribution in [0.4, 0.5) is 0 Å². The standard InChI is InChI=1S/C21H28N2O4/c1-3-26-17-11-7-10-16-12-18(27-20(16)17)14(2)23-19(24)13-22-21(25)15-8-5-4-6-9-15/h7,10-12,14-15H,3-6,8-9,13H2,1-2H3,(H,22,25)(H,23,24)/t14-/m1/s1. The number of fused-ring (bicyclic) bond motifs is 1. The van der Waals surface area contributed by atoms with Gasteiger partial charge in [0.25, 0.3) is 0 Å². The van der Waals surface area contributed by atoms with Crippen molar-refractivity contribution in [2.24, 2.45) is 5.92 Å². The first-order chi connectivity index (χ1) is 13.1. The van der Waals surface area contributed by atoms with E-state index in [1.165, 1.54) is 6.42 Å². The highest BCUT2D eigenvalue weighted by Gasteiger charge is 2.22. The highest BCUT2D eigenvalue weighted by molar-refractivity contribution is 5.86. The number of rotatable bonds is 7. The van der Waals surface area contributed by atoms with Crippen molar-refractivity contribution >= 4 is 22.8 Å². The molecule has 0 spiro atoms. The fourth-order valence-electron chi connectivity index (χ4n) is 3.58. The minimum absolute atomic E-state index is 0.00982. The summed E-state index contributed by atoms with van der Waals surface area (Å²) < 4.78 is 11.5. The molecule has 1 aromatic heterocycles. The van der Waals surface area contributed by atoms with Crippen LogP contribution in [0.1, 0.15) is 57.8 Å². The lowest BCUT2D eigenvalue weighted by Gasteiger charge is -2.20. The fraction of sp³-hybridized carbons (Fsp3) is 0.524. The molecule has 27 heavy (non-hydrogen) atoms. The Balaban J connectivity index is 1.55. The van der Waals surface area contributed by atoms with E-state index in [2.05, 4.69) is 10.6 Å². The Kier molecular flexibility index (Phi) is 6.37. The van der Waals surface area contributed by atoms with E-state index < -0.39 is 0 Å². The maximum absolute atomic E-state index is 12.2. The van der Waals surface area contributed by atoms with Crippen LogP contribution in [0.2, 0.25) is 0 Å². The lowest BCUT2D eigenvalue weighted by molar-refractivity contribution is -0.129. The minimum atomic E-state index is -0.300. The summed E-state index contributed by atoms with van der Waals surface area (Å²) >= 11 is 0. The van der Waals surface area contributed by atoms with Crippen LogP contribution in [0.5, 0.6) is 5.75 Å². The molecule has 2 N–H and O–H groups in total. The van der Waals surface area contributed by atoms with Crippen LogP contribution in [-0.4, -0.2) is 25.0 Å². The van der Waals surface area contributed by atoms with E-state index in [0.29, 0.717) is 23.7 Å². The lowest BCUT2D eigenvalue weighted by atomic mass is 9.89. The van der Waals surface area contributed by atoms with Crippen LogP contribution in [0.15, 0.2) is 28.7 Å². The van der Waals surface area contributed by atoms with E-state index in [9.17, 15) is 9.59 Å². The summed E-state index contributed by atoms with van der Waals surface area (Å²) in [7, 11) is 0. The van der Waals surface area contributed by atoms with Gasteiger partial charge in [-0.15, -0.1) is 0 Å². The number of furan rings is 1. The molecule has 1 heterocycles. The van der Waals surface area contributed by atoms with Gasteiger partial charge >= 0.3 is 0 Å². The molecule has 2 amide bonds. The average Bonchev–Trinajstić information content (AvgIpc) is 3.12. The van der Waals surface area contributed by atoms with Crippen molar-refractivity contribution in [1.82, 2.24) is 10.6 Å². The van der Waals surface area contributed by atoms with Gasteiger partial charge in [0.2, 0.25) is 11.8 Å². The average molecular weight is 372 g/mol. The molecule has 0 bridgehead atoms. The molecule has 6 heteroatoms. The molecule has 0 radical (unpaired) electrons. The zero-order valence-corrected chi connectivity index (χ0v) is 16.0. The molecule has 6 nitrogen and oxygen atoms in total. The van der Waals surface area contributed by atoms with Crippen molar-refractivity contribution in [2.75, 3.05) is 13.2 Å². The molecular weight excluding hydrogens is 344 g/mol. The fourth-order valence-corrected chi connectivity index (χ4v) is 3.58. The van der Waals surface area contributed by atoms with Gasteiger partial charge in [0.1, 0.15) is 5.76 Å². The summed E-state index contributed by atoms with van der Waals surface area (Å²) in [4.78, 5) is 24.4. The zero-order valence-electron chi connectivity index (χ0n) is 16.0. The second-order valence-corrected chi connectivity index (χ2v) is 7.10. The monoisotopic (exact) mass is 372 g/mol. The second-order valence-electron chi connectivity index (χ2n) is 7.10. The molecular formula is C21H28N2O4. The maximum Gasteiger partial charge on any atom is 0.239 e. The number of hydrogen-bond acceptors (Lipinski definition) is 4. The molecule has 1 saturated carbocycles. The number of benzene rings is 1. The van der Waals surface area contributed by atoms with Crippen molar-refractivity contribution in [1.29, 1.82) is 0 Å². The van der Waals surface area contributed by atoms with Crippen molar-refractivity contribution in [3.8, 4) is 5.75 Å². The quantitative estimate of drug-likeness (QED) is 0.776. The van der Waals surface area contributed by atoms with E-state index in [1.807, 2.05) is 38.1 Å². The van der Waals surface area contributed by atoms with E-state index in [4.69, 9.17) is 9.15 Å². The number of nitrogens with one attached hydrogen (secondary N) is 2. The summed E-state index contributed by atoms with van der Waals surface area (Å²) in [5.74, 6) is 1.17. The first kappa shape index (κ1) is 19.3. The van der Waals surface area contributed by atoms with Gasteiger partial charge in [-0.1, -0.05) is 31.4 Å². The highest BCUT2D eigenvalue weighted by atomic mass is 16.5. The third kappa shape index (κ3) is 4.81. The van der Waals surface area contributed by atoms with Gasteiger partial charge in [-0.2, -0.15) is 0 Å². The molecule has 0 unspecified atom stereocenters. The largest absolute Gasteiger partial charge is 0.490 e. The van der Waals surface area contributed by atoms with E-state index >= 15 is 0 Å². The maximum atomic E-state index is 12.2. The Morgan fingerprint density at radius 2 is 2.04 bits per heavy atom. The molecule has 1 fully saturated rings. The lowest BCUT2D eigenvalue weighted by Crippen LogP contribution is -2.40. The van der Waals surface area contributed by atoms with Crippen LogP contribution in [-0.2, 0) is 9.59 Å². The molecule has 1 aliphatic rings. The Labute approximate surface area is 159 Å². The summed E-state index contributed by atoms with van der Waals surface area (Å²) in [6, 6.07) is 7.33. The first-order valence-corrected chi connectivity index (χ1v) is 9.80. The van der Waals surface area contributed by atoms with Crippen molar-refractivity contribution in [3.05, 3.63) is 30.0 Å². The van der Waals surface area contributed by atoms with Gasteiger partial charge in [-0.25, -0.2) is 0 Å². The van der Waals surface area contributed by atoms with Crippen LogP contribution >= 0.6 is 0 Å². The molecule has 1 aromatic carbocycles. The van der Waals surface area contributed by atoms with E-state index in [-0.39, 0.29) is 30.3 Å². The van der Waals surface area contributed by atoms with Crippen LogP contribution in [0.25, 0.3) is 11.0 Å². The number of carbonyl (C=O) groups is 2. The minimum Gasteiger partial charge on any atom is -0.490 e. The second kappa shape index (κ2) is 8.93. The SMILES string of the molecule is CCOc1cccc2cc([C@@H](C)NC(=O)CNC(=O)C3CCCCC3)oc12. The zero-order chi connectivity index (χ0) is 19.2. The van der Waals surface area contributed by atoms with Gasteiger partial charge in [0.05, 0.1) is 19.2 Å². The summed E-state index contributed by atoms with van der Waals surface area (Å²) in [5.41, 5.74) is 0.682. The summed E-state index contributed by atoms with van der Waals surface area (Å²) in [6.07, 6.45) is 5.23. The van der Waals surface area contributed by atoms with Crippen molar-refractivity contribution < 1.29 is 18.7 Å². The Morgan fingerprint density at radius 1 is 1.26 bits per heavy atom. The molecule has 2 aromatic rings. The molecule has 1 aliphatic carbocycles. The van der Waals surface area contributed by atoms with Crippen LogP contribution in [0, 0.1) is 5.92 Å². The van der Waals surface area contributed by atoms with E-state index in [1.54, 1.807) is 0 Å². The third-order valence-corrected chi connectivity index (χ3v) is 5.03. The molecule has 0 saturated heterocycles. The van der Waals surface area contributed by atoms with Gasteiger partial charge in [-0.05, 0) is 38.8 Å². The summed E-state index contributed by atoms with van der Waals surface area (Å²) in [6.45, 7) is 4.33. The molecule has 146 valence electrons. The van der Waals surface area contributed by atoms with Gasteiger partial charge in [0, 0.05) is 11.3 Å². The smallest absolute Gasteiger partial charge is 0.239 e. The predicted octanol–water partition coefficient (Wildman–Crippen LogP) is 3.71. The van der Waals surface area contributed by atoms with Gasteiger partial charge in [0.15, 0.2) is 11.3 Å². The normalized spacial score (nSPS) is 16.1. The predicted molar refractivity (Wildman–Crippen MR) is 104 cm³/mol. The molecule has 1 atom stereocenters. The van der Waals surface area contributed by atoms with Crippen LogP contribution < -0.4 is 15.4 Å². The number of ether oxygens (including phenoxy) is 1. The van der Waals surface area contributed by atoms with Crippen molar-refractivity contribution in [2.45, 2.75) is 52.0 Å². The molecule has 3 rings (SSSR count). The molecule has 0 aliphatic heterocycles. The Bertz CT molecular complexity index is 793. The number of hydrogen-bond donors (Lipinski definition) is 2. The number of para-hydroxylation sites is 1. The van der Waals surface area contributed by atoms with E-state index in [0.717, 1.165) is 31.1 Å². The van der Waals surface area contributed by atoms with Crippen LogP contribution in [0.3, 0.4) is 0 Å². The third-order valence-electron chi connectivity index (χ3n) is 5.03. The number of carbonyl (C=O) groups excluding carboxylic acids is 2. The first-order valence-electron chi connectivity index (χ1n) is 9.80. The topological polar surface area (TPSA) is 80.6 Å². The Hall–Kier alpha value is -2.50. The van der Waals surface area contributed by atoms with Gasteiger partial charge in [-0.3, -0.25) is 9.59 Å². The number of amides is 2. The van der Waals surface area contributed by atoms with Gasteiger partial charge < -0.3 is 19.8 Å². The summed E-state index contributed by atoms with van der Waals surface area (Å²) in [5, 5.41) is 6.57. The van der Waals surface area contributed by atoms with Crippen molar-refractivity contribution in [3.63, 3.8) is 0 Å². The highest BCUT2D eigenvalue weighted by Crippen LogP contribution is 2.31. The Morgan fingerprint density at radius 3 is 2.78 bits per heavy atom.